The van der Waals surface area contributed by atoms with E-state index in [9.17, 15) is 5.11 Å². The molecule has 0 aliphatic carbocycles. The monoisotopic (exact) mass is 450 g/mol. The molecule has 0 amide bonds. The van der Waals surface area contributed by atoms with E-state index in [1.54, 1.807) is 6.07 Å². The van der Waals surface area contributed by atoms with E-state index in [0.29, 0.717) is 19.0 Å². The van der Waals surface area contributed by atoms with Crippen LogP contribution in [0.1, 0.15) is 84.0 Å². The standard InChI is InChI=1S/C22H36N4O3.2Na/c1-5-7-10-13-29-20-15-17(6-2)19(16-18(20)27)28-14-11-8-9-12-22(3,4)21-23-25-26-24-21;;/h15-16,27H,5-14H2,1-4H3,(H,23,24,25,26);;/q;2*+1. The first-order valence-corrected chi connectivity index (χ1v) is 10.8. The Morgan fingerprint density at radius 1 is 0.935 bits per heavy atom. The van der Waals surface area contributed by atoms with Gasteiger partial charge in [0.1, 0.15) is 5.75 Å². The average Bonchev–Trinajstić information content (AvgIpc) is 3.25. The third kappa shape index (κ3) is 10.4. The van der Waals surface area contributed by atoms with Crippen molar-refractivity contribution in [1.82, 2.24) is 20.6 Å². The molecule has 7 nitrogen and oxygen atoms in total. The van der Waals surface area contributed by atoms with Gasteiger partial charge in [-0.05, 0) is 37.3 Å². The minimum atomic E-state index is -0.0814. The number of H-pyrrole nitrogens is 1. The van der Waals surface area contributed by atoms with Crippen LogP contribution in [-0.2, 0) is 11.8 Å². The van der Waals surface area contributed by atoms with Crippen molar-refractivity contribution in [2.24, 2.45) is 0 Å². The summed E-state index contributed by atoms with van der Waals surface area (Å²) in [6.07, 6.45) is 8.21. The van der Waals surface area contributed by atoms with Gasteiger partial charge in [0.15, 0.2) is 17.3 Å². The third-order valence-corrected chi connectivity index (χ3v) is 5.18. The van der Waals surface area contributed by atoms with Gasteiger partial charge in [0.2, 0.25) is 0 Å². The Kier molecular flexibility index (Phi) is 16.2. The largest absolute Gasteiger partial charge is 1.00 e. The summed E-state index contributed by atoms with van der Waals surface area (Å²) >= 11 is 0. The van der Waals surface area contributed by atoms with Crippen molar-refractivity contribution in [2.45, 2.75) is 84.5 Å². The summed E-state index contributed by atoms with van der Waals surface area (Å²) in [5.41, 5.74) is 0.980. The predicted molar refractivity (Wildman–Crippen MR) is 114 cm³/mol. The van der Waals surface area contributed by atoms with Crippen molar-refractivity contribution in [1.29, 1.82) is 0 Å². The summed E-state index contributed by atoms with van der Waals surface area (Å²) in [5, 5.41) is 24.6. The molecule has 2 aromatic rings. The topological polar surface area (TPSA) is 93.2 Å². The Morgan fingerprint density at radius 2 is 1.61 bits per heavy atom. The molecular weight excluding hydrogens is 414 g/mol. The van der Waals surface area contributed by atoms with E-state index < -0.39 is 0 Å². The second kappa shape index (κ2) is 16.3. The molecule has 2 N–H and O–H groups in total. The maximum Gasteiger partial charge on any atom is 1.00 e. The molecule has 0 fully saturated rings. The van der Waals surface area contributed by atoms with Crippen LogP contribution in [0.3, 0.4) is 0 Å². The molecule has 0 saturated carbocycles. The fourth-order valence-electron chi connectivity index (χ4n) is 3.24. The Hall–Kier alpha value is -0.310. The van der Waals surface area contributed by atoms with Crippen molar-refractivity contribution in [3.63, 3.8) is 0 Å². The number of nitrogens with zero attached hydrogens (tertiary/aromatic N) is 3. The summed E-state index contributed by atoms with van der Waals surface area (Å²) in [6.45, 7) is 9.78. The first-order chi connectivity index (χ1) is 14.0. The molecule has 9 heteroatoms. The van der Waals surface area contributed by atoms with Gasteiger partial charge in [0.25, 0.3) is 0 Å². The molecule has 1 aromatic carbocycles. The van der Waals surface area contributed by atoms with E-state index in [-0.39, 0.29) is 70.3 Å². The van der Waals surface area contributed by atoms with E-state index in [4.69, 9.17) is 9.47 Å². The second-order valence-corrected chi connectivity index (χ2v) is 8.12. The number of aromatic hydroxyl groups is 1. The minimum absolute atomic E-state index is 0. The van der Waals surface area contributed by atoms with Crippen LogP contribution >= 0.6 is 0 Å². The van der Waals surface area contributed by atoms with Crippen molar-refractivity contribution in [3.8, 4) is 17.2 Å². The molecule has 0 aliphatic rings. The number of aromatic amines is 1. The van der Waals surface area contributed by atoms with Crippen molar-refractivity contribution in [3.05, 3.63) is 23.5 Å². The Labute approximate surface area is 231 Å². The summed E-state index contributed by atoms with van der Waals surface area (Å²) < 4.78 is 11.7. The van der Waals surface area contributed by atoms with Crippen molar-refractivity contribution >= 4 is 0 Å². The molecule has 1 heterocycles. The number of nitrogens with one attached hydrogen (secondary N) is 1. The summed E-state index contributed by atoms with van der Waals surface area (Å²) in [4.78, 5) is 0. The zero-order chi connectivity index (χ0) is 21.1. The number of phenolic OH excluding ortho intramolecular Hbond substituents is 1. The molecule has 1 aromatic heterocycles. The van der Waals surface area contributed by atoms with Gasteiger partial charge in [0, 0.05) is 11.5 Å². The van der Waals surface area contributed by atoms with Crippen LogP contribution in [0, 0.1) is 0 Å². The molecular formula is C22H36N4Na2O3+2. The maximum absolute atomic E-state index is 10.3. The van der Waals surface area contributed by atoms with Gasteiger partial charge in [-0.25, -0.2) is 0 Å². The third-order valence-electron chi connectivity index (χ3n) is 5.18. The second-order valence-electron chi connectivity index (χ2n) is 8.12. The van der Waals surface area contributed by atoms with Crippen LogP contribution in [0.2, 0.25) is 0 Å². The molecule has 0 saturated heterocycles. The van der Waals surface area contributed by atoms with E-state index in [1.165, 1.54) is 0 Å². The molecule has 0 bridgehead atoms. The number of benzene rings is 1. The quantitative estimate of drug-likeness (QED) is 0.282. The first kappa shape index (κ1) is 30.7. The fourth-order valence-corrected chi connectivity index (χ4v) is 3.24. The van der Waals surface area contributed by atoms with Gasteiger partial charge in [-0.15, -0.1) is 10.2 Å². The number of unbranched alkanes of at least 4 members (excludes halogenated alkanes) is 4. The molecule has 0 spiro atoms. The van der Waals surface area contributed by atoms with Gasteiger partial charge < -0.3 is 14.6 Å². The summed E-state index contributed by atoms with van der Waals surface area (Å²) in [5.74, 6) is 2.21. The Bertz CT molecular complexity index is 728. The summed E-state index contributed by atoms with van der Waals surface area (Å²) in [7, 11) is 0. The zero-order valence-corrected chi connectivity index (χ0v) is 24.3. The number of hydrogen-bond acceptors (Lipinski definition) is 6. The fraction of sp³-hybridized carbons (Fsp3) is 0.682. The molecule has 0 aliphatic heterocycles. The number of tetrazole rings is 1. The van der Waals surface area contributed by atoms with Crippen molar-refractivity contribution < 1.29 is 73.7 Å². The minimum Gasteiger partial charge on any atom is -0.504 e. The normalized spacial score (nSPS) is 10.8. The van der Waals surface area contributed by atoms with Crippen LogP contribution in [0.4, 0.5) is 0 Å². The van der Waals surface area contributed by atoms with Crippen LogP contribution in [0.5, 0.6) is 17.2 Å². The molecule has 0 unspecified atom stereocenters. The number of aromatic nitrogens is 4. The molecule has 2 rings (SSSR count). The Balaban J connectivity index is 0.00000450. The van der Waals surface area contributed by atoms with E-state index in [0.717, 1.165) is 68.5 Å². The number of ether oxygens (including phenoxy) is 2. The van der Waals surface area contributed by atoms with E-state index in [1.807, 2.05) is 6.07 Å². The smallest absolute Gasteiger partial charge is 0.504 e. The van der Waals surface area contributed by atoms with Crippen LogP contribution in [0.25, 0.3) is 0 Å². The molecule has 31 heavy (non-hydrogen) atoms. The van der Waals surface area contributed by atoms with Gasteiger partial charge in [-0.3, -0.25) is 0 Å². The molecule has 162 valence electrons. The average molecular weight is 451 g/mol. The summed E-state index contributed by atoms with van der Waals surface area (Å²) in [6, 6.07) is 3.59. The van der Waals surface area contributed by atoms with Gasteiger partial charge in [0.05, 0.1) is 13.2 Å². The van der Waals surface area contributed by atoms with Crippen molar-refractivity contribution in [2.75, 3.05) is 13.2 Å². The number of hydrogen-bond donors (Lipinski definition) is 2. The van der Waals surface area contributed by atoms with Crippen LogP contribution < -0.4 is 68.6 Å². The number of phenols is 1. The Morgan fingerprint density at radius 3 is 2.23 bits per heavy atom. The van der Waals surface area contributed by atoms with Crippen LogP contribution in [0.15, 0.2) is 12.1 Å². The SMILES string of the molecule is CCCCCOc1cc(CC)c(OCCCCCC(C)(C)c2nn[nH]n2)cc1O.[Na+].[Na+]. The van der Waals surface area contributed by atoms with Crippen LogP contribution in [-0.4, -0.2) is 38.9 Å². The van der Waals surface area contributed by atoms with Gasteiger partial charge in [-0.1, -0.05) is 58.6 Å². The first-order valence-electron chi connectivity index (χ1n) is 10.8. The van der Waals surface area contributed by atoms with E-state index in [2.05, 4.69) is 48.3 Å². The zero-order valence-electron chi connectivity index (χ0n) is 20.3. The van der Waals surface area contributed by atoms with Gasteiger partial charge >= 0.3 is 59.1 Å². The maximum atomic E-state index is 10.3. The molecule has 0 atom stereocenters. The molecule has 0 radical (unpaired) electrons. The number of aryl methyl sites for hydroxylation is 1. The predicted octanol–water partition coefficient (Wildman–Crippen LogP) is -1.04. The van der Waals surface area contributed by atoms with Gasteiger partial charge in [-0.2, -0.15) is 5.21 Å². The van der Waals surface area contributed by atoms with E-state index >= 15 is 0 Å². The number of rotatable bonds is 14.